The molecule has 0 saturated carbocycles. The molecule has 5 N–H and O–H groups in total. The lowest BCUT2D eigenvalue weighted by Gasteiger charge is -2.06. The molecule has 16 heteroatoms. The summed E-state index contributed by atoms with van der Waals surface area (Å²) in [6, 6.07) is 2.89. The van der Waals surface area contributed by atoms with Crippen molar-refractivity contribution in [1.29, 1.82) is 0 Å². The number of rotatable bonds is 10. The molecule has 4 heterocycles. The molecule has 0 aliphatic heterocycles. The lowest BCUT2D eigenvalue weighted by Crippen LogP contribution is -2.18. The van der Waals surface area contributed by atoms with Crippen LogP contribution in [0.25, 0.3) is 0 Å². The van der Waals surface area contributed by atoms with Crippen molar-refractivity contribution < 1.29 is 29.1 Å². The van der Waals surface area contributed by atoms with Gasteiger partial charge in [-0.1, -0.05) is 0 Å². The summed E-state index contributed by atoms with van der Waals surface area (Å²) in [5.74, 6) is -2.32. The van der Waals surface area contributed by atoms with E-state index in [1.54, 1.807) is 48.7 Å². The molecule has 41 heavy (non-hydrogen) atoms. The van der Waals surface area contributed by atoms with Crippen LogP contribution in [0, 0.1) is 0 Å². The summed E-state index contributed by atoms with van der Waals surface area (Å²) in [4.78, 5) is 69.2. The Morgan fingerprint density at radius 3 is 1.95 bits per heavy atom. The lowest BCUT2D eigenvalue weighted by molar-refractivity contribution is -0.121. The first-order chi connectivity index (χ1) is 19.4. The molecule has 4 aromatic rings. The first kappa shape index (κ1) is 28.3. The Hall–Kier alpha value is -5.67. The Labute approximate surface area is 233 Å². The Kier molecular flexibility index (Phi) is 8.02. The van der Waals surface area contributed by atoms with Crippen molar-refractivity contribution in [2.24, 2.45) is 28.2 Å². The van der Waals surface area contributed by atoms with Crippen LogP contribution in [0.5, 0.6) is 0 Å². The largest absolute Gasteiger partial charge is 0.477 e. The monoisotopic (exact) mass is 564 g/mol. The average Bonchev–Trinajstić information content (AvgIpc) is 3.65. The van der Waals surface area contributed by atoms with Gasteiger partial charge in [0.2, 0.25) is 17.6 Å². The number of nitrogens with zero attached hydrogens (tertiary/aromatic N) is 6. The van der Waals surface area contributed by atoms with Gasteiger partial charge >= 0.3 is 5.97 Å². The van der Waals surface area contributed by atoms with Crippen molar-refractivity contribution in [2.45, 2.75) is 12.8 Å². The highest BCUT2D eigenvalue weighted by Gasteiger charge is 2.19. The SMILES string of the molecule is Cn1cc(NC(=O)c2nccn2C)cc1NC(=O)CCC(=O)Nc1cn(C)c(C(=O)Nc2cc(C(=O)O)n(C)c2)n1. The van der Waals surface area contributed by atoms with Gasteiger partial charge in [-0.25, -0.2) is 14.8 Å². The molecule has 16 nitrogen and oxygen atoms in total. The van der Waals surface area contributed by atoms with E-state index in [1.807, 2.05) is 0 Å². The van der Waals surface area contributed by atoms with Crippen LogP contribution in [0.3, 0.4) is 0 Å². The number of carbonyl (C=O) groups is 5. The van der Waals surface area contributed by atoms with E-state index in [0.717, 1.165) is 0 Å². The van der Waals surface area contributed by atoms with Crippen LogP contribution in [0.1, 0.15) is 44.6 Å². The molecule has 4 rings (SSSR count). The van der Waals surface area contributed by atoms with E-state index in [1.165, 1.54) is 40.8 Å². The predicted molar refractivity (Wildman–Crippen MR) is 147 cm³/mol. The number of aromatic nitrogens is 6. The number of amides is 4. The molecule has 0 aromatic carbocycles. The topological polar surface area (TPSA) is 199 Å². The normalized spacial score (nSPS) is 10.7. The van der Waals surface area contributed by atoms with E-state index < -0.39 is 29.6 Å². The molecule has 4 amide bonds. The van der Waals surface area contributed by atoms with Gasteiger partial charge in [0.15, 0.2) is 11.6 Å². The molecule has 214 valence electrons. The molecular formula is C25H28N10O6. The summed E-state index contributed by atoms with van der Waals surface area (Å²) >= 11 is 0. The summed E-state index contributed by atoms with van der Waals surface area (Å²) in [5.41, 5.74) is 0.727. The highest BCUT2D eigenvalue weighted by molar-refractivity contribution is 6.04. The second-order valence-corrected chi connectivity index (χ2v) is 9.18. The van der Waals surface area contributed by atoms with Crippen LogP contribution in [0.2, 0.25) is 0 Å². The van der Waals surface area contributed by atoms with Gasteiger partial charge in [0.05, 0.1) is 11.4 Å². The van der Waals surface area contributed by atoms with Gasteiger partial charge in [0.25, 0.3) is 11.8 Å². The maximum absolute atomic E-state index is 12.6. The lowest BCUT2D eigenvalue weighted by atomic mass is 10.3. The molecule has 0 aliphatic carbocycles. The average molecular weight is 565 g/mol. The summed E-state index contributed by atoms with van der Waals surface area (Å²) in [7, 11) is 6.49. The van der Waals surface area contributed by atoms with Crippen LogP contribution in [0.15, 0.2) is 43.1 Å². The molecule has 0 atom stereocenters. The predicted octanol–water partition coefficient (Wildman–Crippen LogP) is 1.39. The van der Waals surface area contributed by atoms with Gasteiger partial charge in [0, 0.05) is 78.1 Å². The minimum Gasteiger partial charge on any atom is -0.477 e. The third kappa shape index (κ3) is 6.67. The maximum Gasteiger partial charge on any atom is 0.352 e. The van der Waals surface area contributed by atoms with Gasteiger partial charge in [-0.2, -0.15) is 0 Å². The fourth-order valence-corrected chi connectivity index (χ4v) is 3.94. The fraction of sp³-hybridized carbons (Fsp3) is 0.240. The molecule has 0 unspecified atom stereocenters. The minimum absolute atomic E-state index is 0.00276. The number of carbonyl (C=O) groups excluding carboxylic acids is 4. The van der Waals surface area contributed by atoms with Crippen LogP contribution >= 0.6 is 0 Å². The Morgan fingerprint density at radius 1 is 0.732 bits per heavy atom. The van der Waals surface area contributed by atoms with Gasteiger partial charge in [-0.05, 0) is 6.07 Å². The van der Waals surface area contributed by atoms with E-state index >= 15 is 0 Å². The zero-order chi connectivity index (χ0) is 29.8. The molecule has 0 bridgehead atoms. The molecule has 0 radical (unpaired) electrons. The minimum atomic E-state index is -1.14. The molecule has 4 aromatic heterocycles. The van der Waals surface area contributed by atoms with E-state index in [4.69, 9.17) is 5.11 Å². The number of hydrogen-bond acceptors (Lipinski definition) is 7. The van der Waals surface area contributed by atoms with Crippen molar-refractivity contribution in [3.05, 3.63) is 60.5 Å². The van der Waals surface area contributed by atoms with E-state index in [2.05, 4.69) is 31.2 Å². The van der Waals surface area contributed by atoms with Crippen LogP contribution < -0.4 is 21.3 Å². The van der Waals surface area contributed by atoms with Crippen LogP contribution in [0.4, 0.5) is 23.0 Å². The Bertz CT molecular complexity index is 1660. The number of hydrogen-bond donors (Lipinski definition) is 5. The number of anilines is 4. The number of aromatic carboxylic acids is 1. The molecule has 0 spiro atoms. The van der Waals surface area contributed by atoms with Crippen LogP contribution in [-0.4, -0.2) is 62.9 Å². The number of nitrogens with one attached hydrogen (secondary N) is 4. The van der Waals surface area contributed by atoms with Crippen molar-refractivity contribution in [2.75, 3.05) is 21.3 Å². The van der Waals surface area contributed by atoms with Gasteiger partial charge in [0.1, 0.15) is 11.5 Å². The van der Waals surface area contributed by atoms with E-state index in [0.29, 0.717) is 11.5 Å². The highest BCUT2D eigenvalue weighted by Crippen LogP contribution is 2.19. The van der Waals surface area contributed by atoms with Crippen molar-refractivity contribution >= 4 is 52.6 Å². The summed E-state index contributed by atoms with van der Waals surface area (Å²) < 4.78 is 5.95. The standard InChI is InChI=1S/C25H28N10O6/c1-32-8-7-26-21(32)23(38)28-15-10-18(34(3)12-15)31-20(37)6-5-19(36)29-17-13-35(4)22(30-17)24(39)27-14-9-16(25(40)41)33(2)11-14/h7-13H,5-6H2,1-4H3,(H,27,39)(H,28,38)(H,29,36)(H,31,37)(H,40,41). The van der Waals surface area contributed by atoms with Gasteiger partial charge < -0.3 is 44.6 Å². The number of aryl methyl sites for hydroxylation is 4. The number of carboxylic acid groups (broad SMARTS) is 1. The molecule has 0 aliphatic rings. The third-order valence-corrected chi connectivity index (χ3v) is 5.96. The van der Waals surface area contributed by atoms with Crippen molar-refractivity contribution in [3.63, 3.8) is 0 Å². The van der Waals surface area contributed by atoms with Crippen molar-refractivity contribution in [3.8, 4) is 0 Å². The van der Waals surface area contributed by atoms with E-state index in [-0.39, 0.29) is 41.7 Å². The number of carboxylic acids is 1. The first-order valence-electron chi connectivity index (χ1n) is 12.2. The Balaban J connectivity index is 1.27. The zero-order valence-electron chi connectivity index (χ0n) is 22.6. The summed E-state index contributed by atoms with van der Waals surface area (Å²) in [6.07, 6.45) is 7.39. The van der Waals surface area contributed by atoms with Gasteiger partial charge in [-0.15, -0.1) is 0 Å². The molecule has 0 saturated heterocycles. The fourth-order valence-electron chi connectivity index (χ4n) is 3.94. The highest BCUT2D eigenvalue weighted by atomic mass is 16.4. The zero-order valence-corrected chi connectivity index (χ0v) is 22.6. The smallest absolute Gasteiger partial charge is 0.352 e. The Morgan fingerprint density at radius 2 is 1.34 bits per heavy atom. The van der Waals surface area contributed by atoms with Crippen molar-refractivity contribution in [1.82, 2.24) is 28.2 Å². The maximum atomic E-state index is 12.6. The quantitative estimate of drug-likeness (QED) is 0.190. The van der Waals surface area contributed by atoms with Gasteiger partial charge in [-0.3, -0.25) is 19.2 Å². The molecular weight excluding hydrogens is 536 g/mol. The summed E-state index contributed by atoms with van der Waals surface area (Å²) in [5, 5.41) is 19.7. The molecule has 0 fully saturated rings. The van der Waals surface area contributed by atoms with E-state index in [9.17, 15) is 24.0 Å². The summed E-state index contributed by atoms with van der Waals surface area (Å²) in [6.45, 7) is 0. The third-order valence-electron chi connectivity index (χ3n) is 5.96. The number of imidazole rings is 2. The first-order valence-corrected chi connectivity index (χ1v) is 12.2. The van der Waals surface area contributed by atoms with Crippen LogP contribution in [-0.2, 0) is 37.8 Å². The second kappa shape index (κ2) is 11.6. The second-order valence-electron chi connectivity index (χ2n) is 9.18.